The molecule has 1 heterocycles. The maximum atomic E-state index is 11.6. The van der Waals surface area contributed by atoms with Gasteiger partial charge in [-0.1, -0.05) is 0 Å². The summed E-state index contributed by atoms with van der Waals surface area (Å²) in [7, 11) is 1.23. The van der Waals surface area contributed by atoms with E-state index in [9.17, 15) is 9.59 Å². The van der Waals surface area contributed by atoms with Gasteiger partial charge in [-0.05, 0) is 25.2 Å². The third-order valence-electron chi connectivity index (χ3n) is 3.33. The van der Waals surface area contributed by atoms with Gasteiger partial charge in [0.25, 0.3) is 0 Å². The Morgan fingerprint density at radius 2 is 2.07 bits per heavy atom. The van der Waals surface area contributed by atoms with Crippen molar-refractivity contribution < 1.29 is 14.3 Å². The number of methoxy groups -OCH3 is 1. The van der Waals surface area contributed by atoms with E-state index in [1.165, 1.54) is 7.11 Å². The molecule has 1 aliphatic heterocycles. The summed E-state index contributed by atoms with van der Waals surface area (Å²) in [4.78, 5) is 24.4. The van der Waals surface area contributed by atoms with E-state index in [2.05, 4.69) is 4.74 Å². The van der Waals surface area contributed by atoms with Crippen molar-refractivity contribution in [2.75, 3.05) is 13.7 Å². The molecule has 84 valence electrons. The molecule has 0 aromatic heterocycles. The van der Waals surface area contributed by atoms with E-state index < -0.39 is 11.9 Å². The van der Waals surface area contributed by atoms with Gasteiger partial charge in [-0.2, -0.15) is 0 Å². The molecule has 2 aliphatic rings. The summed E-state index contributed by atoms with van der Waals surface area (Å²) in [5.41, 5.74) is 5.87. The van der Waals surface area contributed by atoms with Crippen molar-refractivity contribution in [1.82, 2.24) is 4.90 Å². The van der Waals surface area contributed by atoms with Gasteiger partial charge in [-0.25, -0.2) is 4.79 Å². The minimum absolute atomic E-state index is 0.144. The third kappa shape index (κ3) is 1.84. The van der Waals surface area contributed by atoms with Gasteiger partial charge in [0.15, 0.2) is 0 Å². The van der Waals surface area contributed by atoms with Crippen LogP contribution in [0, 0.1) is 5.92 Å². The average Bonchev–Trinajstić information content (AvgIpc) is 2.51. The van der Waals surface area contributed by atoms with Crippen LogP contribution in [0.15, 0.2) is 0 Å². The summed E-state index contributed by atoms with van der Waals surface area (Å²) >= 11 is 0. The Bertz CT molecular complexity index is 292. The number of esters is 1. The molecule has 2 rings (SSSR count). The van der Waals surface area contributed by atoms with Crippen LogP contribution in [0.5, 0.6) is 0 Å². The zero-order chi connectivity index (χ0) is 11.0. The van der Waals surface area contributed by atoms with E-state index in [-0.39, 0.29) is 12.1 Å². The molecule has 1 saturated heterocycles. The standard InChI is InChI=1S/C10H16N2O3/c1-15-10(14)9(13)12-5-6-2-7(11)4-8(12)3-6/h6-8H,2-5,11H2,1H3. The number of nitrogens with zero attached hydrogens (tertiary/aromatic N) is 1. The lowest BCUT2D eigenvalue weighted by atomic mass is 9.87. The Labute approximate surface area is 88.5 Å². The lowest BCUT2D eigenvalue weighted by molar-refractivity contribution is -0.158. The molecule has 0 spiro atoms. The van der Waals surface area contributed by atoms with Crippen molar-refractivity contribution >= 4 is 11.9 Å². The fourth-order valence-electron chi connectivity index (χ4n) is 2.74. The number of nitrogens with two attached hydrogens (primary N) is 1. The quantitative estimate of drug-likeness (QED) is 0.434. The second-order valence-electron chi connectivity index (χ2n) is 4.44. The summed E-state index contributed by atoms with van der Waals surface area (Å²) < 4.78 is 4.44. The fraction of sp³-hybridized carbons (Fsp3) is 0.800. The highest BCUT2D eigenvalue weighted by Gasteiger charge is 2.42. The lowest BCUT2D eigenvalue weighted by Crippen LogP contribution is -2.42. The van der Waals surface area contributed by atoms with E-state index >= 15 is 0 Å². The Morgan fingerprint density at radius 1 is 1.33 bits per heavy atom. The van der Waals surface area contributed by atoms with Gasteiger partial charge in [0.2, 0.25) is 0 Å². The topological polar surface area (TPSA) is 72.6 Å². The lowest BCUT2D eigenvalue weighted by Gasteiger charge is -2.26. The molecule has 5 heteroatoms. The second-order valence-corrected chi connectivity index (χ2v) is 4.44. The van der Waals surface area contributed by atoms with Crippen LogP contribution in [0.3, 0.4) is 0 Å². The van der Waals surface area contributed by atoms with Crippen molar-refractivity contribution in [3.05, 3.63) is 0 Å². The molecule has 2 fully saturated rings. The van der Waals surface area contributed by atoms with Crippen LogP contribution < -0.4 is 5.73 Å². The van der Waals surface area contributed by atoms with Gasteiger partial charge in [0.1, 0.15) is 0 Å². The number of ether oxygens (including phenoxy) is 1. The maximum absolute atomic E-state index is 11.6. The van der Waals surface area contributed by atoms with Crippen LogP contribution in [-0.4, -0.2) is 42.5 Å². The summed E-state index contributed by atoms with van der Waals surface area (Å²) in [5.74, 6) is -0.817. The highest BCUT2D eigenvalue weighted by molar-refractivity contribution is 6.32. The number of rotatable bonds is 0. The van der Waals surface area contributed by atoms with Crippen molar-refractivity contribution in [3.63, 3.8) is 0 Å². The molecule has 1 amide bonds. The van der Waals surface area contributed by atoms with Crippen molar-refractivity contribution in [2.24, 2.45) is 11.7 Å². The van der Waals surface area contributed by atoms with Gasteiger partial charge in [-0.3, -0.25) is 4.79 Å². The van der Waals surface area contributed by atoms with E-state index in [4.69, 9.17) is 5.73 Å². The van der Waals surface area contributed by atoms with Crippen LogP contribution in [-0.2, 0) is 14.3 Å². The summed E-state index contributed by atoms with van der Waals surface area (Å²) in [6.07, 6.45) is 2.75. The predicted molar refractivity (Wildman–Crippen MR) is 52.8 cm³/mol. The SMILES string of the molecule is COC(=O)C(=O)N1CC2CC(N)CC1C2. The van der Waals surface area contributed by atoms with Crippen molar-refractivity contribution in [2.45, 2.75) is 31.3 Å². The molecule has 15 heavy (non-hydrogen) atoms. The fourth-order valence-corrected chi connectivity index (χ4v) is 2.74. The first kappa shape index (κ1) is 10.4. The number of fused-ring (bicyclic) bond motifs is 2. The van der Waals surface area contributed by atoms with Crippen LogP contribution in [0.4, 0.5) is 0 Å². The van der Waals surface area contributed by atoms with Crippen molar-refractivity contribution in [1.29, 1.82) is 0 Å². The van der Waals surface area contributed by atoms with Gasteiger partial charge in [0, 0.05) is 18.6 Å². The molecule has 0 radical (unpaired) electrons. The van der Waals surface area contributed by atoms with Crippen LogP contribution in [0.2, 0.25) is 0 Å². The Balaban J connectivity index is 2.06. The number of hydrogen-bond acceptors (Lipinski definition) is 4. The van der Waals surface area contributed by atoms with Gasteiger partial charge < -0.3 is 15.4 Å². The van der Waals surface area contributed by atoms with E-state index in [0.29, 0.717) is 12.5 Å². The first-order chi connectivity index (χ1) is 7.11. The monoisotopic (exact) mass is 212 g/mol. The first-order valence-electron chi connectivity index (χ1n) is 5.26. The van der Waals surface area contributed by atoms with Gasteiger partial charge >= 0.3 is 11.9 Å². The summed E-state index contributed by atoms with van der Waals surface area (Å²) in [6.45, 7) is 0.659. The largest absolute Gasteiger partial charge is 0.462 e. The molecule has 2 N–H and O–H groups in total. The van der Waals surface area contributed by atoms with Crippen molar-refractivity contribution in [3.8, 4) is 0 Å². The Hall–Kier alpha value is -1.10. The smallest absolute Gasteiger partial charge is 0.396 e. The minimum Gasteiger partial charge on any atom is -0.462 e. The van der Waals surface area contributed by atoms with Gasteiger partial charge in [-0.15, -0.1) is 0 Å². The molecule has 5 nitrogen and oxygen atoms in total. The summed E-state index contributed by atoms with van der Waals surface area (Å²) in [6, 6.07) is 0.314. The van der Waals surface area contributed by atoms with E-state index in [0.717, 1.165) is 19.3 Å². The molecule has 1 saturated carbocycles. The first-order valence-corrected chi connectivity index (χ1v) is 5.26. The number of carbonyl (C=O) groups is 2. The Kier molecular flexibility index (Phi) is 2.65. The molecule has 3 atom stereocenters. The van der Waals surface area contributed by atoms with E-state index in [1.807, 2.05) is 0 Å². The number of carbonyl (C=O) groups excluding carboxylic acids is 2. The molecular weight excluding hydrogens is 196 g/mol. The minimum atomic E-state index is -0.767. The van der Waals surface area contributed by atoms with E-state index in [1.54, 1.807) is 4.90 Å². The zero-order valence-electron chi connectivity index (χ0n) is 8.81. The molecular formula is C10H16N2O3. The number of likely N-dealkylation sites (tertiary alicyclic amines) is 1. The van der Waals surface area contributed by atoms with Crippen LogP contribution >= 0.6 is 0 Å². The normalized spacial score (nSPS) is 34.0. The molecule has 3 unspecified atom stereocenters. The van der Waals surface area contributed by atoms with Crippen LogP contribution in [0.25, 0.3) is 0 Å². The summed E-state index contributed by atoms with van der Waals surface area (Å²) in [5, 5.41) is 0. The Morgan fingerprint density at radius 3 is 2.73 bits per heavy atom. The predicted octanol–water partition coefficient (Wildman–Crippen LogP) is -0.502. The molecule has 2 bridgehead atoms. The van der Waals surface area contributed by atoms with Crippen LogP contribution in [0.1, 0.15) is 19.3 Å². The highest BCUT2D eigenvalue weighted by atomic mass is 16.5. The molecule has 0 aromatic rings. The molecule has 0 aromatic carbocycles. The second kappa shape index (κ2) is 3.81. The zero-order valence-corrected chi connectivity index (χ0v) is 8.81. The number of hydrogen-bond donors (Lipinski definition) is 1. The third-order valence-corrected chi connectivity index (χ3v) is 3.33. The molecule has 1 aliphatic carbocycles. The highest BCUT2D eigenvalue weighted by Crippen LogP contribution is 2.34. The number of amides is 1. The average molecular weight is 212 g/mol. The maximum Gasteiger partial charge on any atom is 0.396 e. The van der Waals surface area contributed by atoms with Gasteiger partial charge in [0.05, 0.1) is 7.11 Å².